The Balaban J connectivity index is 5.05. The van der Waals surface area contributed by atoms with E-state index in [1.807, 2.05) is 33.3 Å². The maximum Gasteiger partial charge on any atom is 0.472 e. The Labute approximate surface area is 556 Å². The maximum absolute atomic E-state index is 13.6. The molecule has 0 aliphatic heterocycles. The molecular weight excluding hydrogens is 1130 g/mol. The number of phosphoric ester groups is 1. The van der Waals surface area contributed by atoms with E-state index in [2.05, 4.69) is 135 Å². The molecule has 0 aliphatic rings. The van der Waals surface area contributed by atoms with Crippen molar-refractivity contribution >= 4 is 19.7 Å². The number of esters is 1. The summed E-state index contributed by atoms with van der Waals surface area (Å²) >= 11 is 0. The molecule has 0 bridgehead atoms. The number of nitrogens with zero attached hydrogens (tertiary/aromatic N) is 1. The minimum atomic E-state index is -4.47. The number of hydrogen-bond acceptors (Lipinski definition) is 6. The molecule has 0 spiro atoms. The highest BCUT2D eigenvalue weighted by Gasteiger charge is 2.30. The van der Waals surface area contributed by atoms with Crippen molar-refractivity contribution in [3.8, 4) is 0 Å². The Morgan fingerprint density at radius 1 is 0.400 bits per heavy atom. The third-order valence-electron chi connectivity index (χ3n) is 16.1. The molecule has 0 aliphatic carbocycles. The molecule has 2 N–H and O–H groups in total. The zero-order valence-electron chi connectivity index (χ0n) is 59.3. The zero-order valence-corrected chi connectivity index (χ0v) is 60.2. The first-order valence-corrected chi connectivity index (χ1v) is 38.9. The van der Waals surface area contributed by atoms with Crippen molar-refractivity contribution in [1.29, 1.82) is 0 Å². The van der Waals surface area contributed by atoms with Gasteiger partial charge in [-0.15, -0.1) is 0 Å². The third kappa shape index (κ3) is 68.8. The Kier molecular flexibility index (Phi) is 65.6. The van der Waals surface area contributed by atoms with Crippen LogP contribution in [0, 0.1) is 0 Å². The van der Waals surface area contributed by atoms with Gasteiger partial charge in [-0.3, -0.25) is 18.6 Å². The van der Waals surface area contributed by atoms with Crippen LogP contribution >= 0.6 is 7.82 Å². The summed E-state index contributed by atoms with van der Waals surface area (Å²) in [7, 11) is 1.48. The first-order chi connectivity index (χ1) is 43.9. The maximum atomic E-state index is 13.6. The van der Waals surface area contributed by atoms with E-state index in [1.165, 1.54) is 154 Å². The van der Waals surface area contributed by atoms with Gasteiger partial charge in [-0.25, -0.2) is 4.57 Å². The third-order valence-corrected chi connectivity index (χ3v) is 17.1. The van der Waals surface area contributed by atoms with Crippen molar-refractivity contribution in [2.24, 2.45) is 0 Å². The first kappa shape index (κ1) is 86.4. The highest BCUT2D eigenvalue weighted by molar-refractivity contribution is 7.47. The van der Waals surface area contributed by atoms with Gasteiger partial charge in [0, 0.05) is 12.8 Å². The lowest BCUT2D eigenvalue weighted by atomic mass is 10.0. The molecule has 518 valence electrons. The predicted octanol–water partition coefficient (Wildman–Crippen LogP) is 24.2. The number of hydrogen-bond donors (Lipinski definition) is 2. The number of likely N-dealkylation sites (N-methyl/N-ethyl adjacent to an activating group) is 1. The molecule has 0 heterocycles. The highest BCUT2D eigenvalue weighted by Crippen LogP contribution is 2.43. The smallest absolute Gasteiger partial charge is 0.456 e. The first-order valence-electron chi connectivity index (χ1n) is 37.4. The van der Waals surface area contributed by atoms with Crippen LogP contribution in [-0.2, 0) is 27.9 Å². The normalized spacial score (nSPS) is 14.2. The van der Waals surface area contributed by atoms with Crippen LogP contribution in [-0.4, -0.2) is 74.3 Å². The molecule has 0 aromatic carbocycles. The van der Waals surface area contributed by atoms with E-state index in [1.54, 1.807) is 0 Å². The molecule has 10 heteroatoms. The molecule has 9 nitrogen and oxygen atoms in total. The van der Waals surface area contributed by atoms with Crippen LogP contribution < -0.4 is 5.32 Å². The van der Waals surface area contributed by atoms with Gasteiger partial charge < -0.3 is 19.4 Å². The van der Waals surface area contributed by atoms with Gasteiger partial charge in [0.05, 0.1) is 33.8 Å². The van der Waals surface area contributed by atoms with Crippen molar-refractivity contribution in [2.75, 3.05) is 40.9 Å². The van der Waals surface area contributed by atoms with Crippen molar-refractivity contribution < 1.29 is 37.3 Å². The number of quaternary nitrogens is 1. The van der Waals surface area contributed by atoms with Gasteiger partial charge in [-0.05, 0) is 122 Å². The lowest BCUT2D eigenvalue weighted by molar-refractivity contribution is -0.870. The second kappa shape index (κ2) is 68.3. The molecule has 1 amide bonds. The summed E-state index contributed by atoms with van der Waals surface area (Å²) in [6.07, 6.45) is 96.4. The molecule has 3 unspecified atom stereocenters. The molecule has 0 fully saturated rings. The summed E-state index contributed by atoms with van der Waals surface area (Å²) in [5.74, 6) is -0.521. The van der Waals surface area contributed by atoms with Gasteiger partial charge in [0.15, 0.2) is 0 Å². The highest BCUT2D eigenvalue weighted by atomic mass is 31.2. The van der Waals surface area contributed by atoms with Gasteiger partial charge in [-0.2, -0.15) is 0 Å². The van der Waals surface area contributed by atoms with E-state index < -0.39 is 20.0 Å². The van der Waals surface area contributed by atoms with Crippen molar-refractivity contribution in [2.45, 2.75) is 335 Å². The molecule has 0 radical (unpaired) electrons. The van der Waals surface area contributed by atoms with Gasteiger partial charge in [0.2, 0.25) is 5.91 Å². The number of amides is 1. The van der Waals surface area contributed by atoms with E-state index >= 15 is 0 Å². The summed E-state index contributed by atoms with van der Waals surface area (Å²) in [4.78, 5) is 38.0. The molecule has 0 aromatic heterocycles. The lowest BCUT2D eigenvalue weighted by Gasteiger charge is -2.27. The van der Waals surface area contributed by atoms with E-state index in [0.29, 0.717) is 17.4 Å². The van der Waals surface area contributed by atoms with Crippen molar-refractivity contribution in [1.82, 2.24) is 5.32 Å². The minimum Gasteiger partial charge on any atom is -0.456 e. The number of ether oxygens (including phenoxy) is 1. The molecule has 90 heavy (non-hydrogen) atoms. The predicted molar refractivity (Wildman–Crippen MR) is 392 cm³/mol. The van der Waals surface area contributed by atoms with Crippen LogP contribution in [0.15, 0.2) is 122 Å². The summed E-state index contributed by atoms with van der Waals surface area (Å²) < 4.78 is 30.9. The van der Waals surface area contributed by atoms with Crippen molar-refractivity contribution in [3.05, 3.63) is 122 Å². The SMILES string of the molecule is CC/C=C\C/C=C\C/C=C\C/C=C\C/C=C\C/C=C\CCCCCCCCC(=O)OC(/C=C/CCCCCCCCCCCC)C(COP(=O)(O)OCC[N+](C)(C)C)NC(=O)CCCCCCCCCCCCCCCC/C=C\C/C=C\C/C=C\CCCCC. The summed E-state index contributed by atoms with van der Waals surface area (Å²) in [6.45, 7) is 6.88. The average Bonchev–Trinajstić information content (AvgIpc) is 3.11. The monoisotopic (exact) mass is 1270 g/mol. The Bertz CT molecular complexity index is 1960. The van der Waals surface area contributed by atoms with E-state index in [4.69, 9.17) is 13.8 Å². The molecule has 0 rings (SSSR count). The Morgan fingerprint density at radius 3 is 1.09 bits per heavy atom. The van der Waals surface area contributed by atoms with Gasteiger partial charge in [-0.1, -0.05) is 310 Å². The number of allylic oxidation sites excluding steroid dienone is 19. The van der Waals surface area contributed by atoms with Crippen LogP contribution in [0.3, 0.4) is 0 Å². The largest absolute Gasteiger partial charge is 0.472 e. The zero-order chi connectivity index (χ0) is 65.6. The second-order valence-corrected chi connectivity index (χ2v) is 27.5. The molecule has 0 saturated carbocycles. The number of carbonyl (C=O) groups is 2. The number of carbonyl (C=O) groups excluding carboxylic acids is 2. The Hall–Kier alpha value is -3.59. The van der Waals surface area contributed by atoms with Crippen LogP contribution in [0.5, 0.6) is 0 Å². The fourth-order valence-corrected chi connectivity index (χ4v) is 11.2. The number of rotatable bonds is 67. The lowest BCUT2D eigenvalue weighted by Crippen LogP contribution is -2.47. The van der Waals surface area contributed by atoms with Gasteiger partial charge in [0.1, 0.15) is 19.3 Å². The summed E-state index contributed by atoms with van der Waals surface area (Å²) in [5, 5.41) is 3.07. The van der Waals surface area contributed by atoms with Crippen molar-refractivity contribution in [3.63, 3.8) is 0 Å². The van der Waals surface area contributed by atoms with Gasteiger partial charge >= 0.3 is 13.8 Å². The van der Waals surface area contributed by atoms with Crippen LogP contribution in [0.25, 0.3) is 0 Å². The topological polar surface area (TPSA) is 111 Å². The standard InChI is InChI=1S/C80H141N2O7P/c1-7-10-13-16-19-22-25-28-30-32-34-36-38-40-41-43-44-46-48-50-52-54-57-60-63-66-69-72-79(83)81-77(76-88-90(85,86)87-75-74-82(4,5)6)78(71-68-65-62-59-56-27-24-21-18-15-12-9-3)89-80(84)73-70-67-64-61-58-55-53-51-49-47-45-42-39-37-35-33-31-29-26-23-20-17-14-11-8-2/h11,14,19-20,22-23,28-31,34-37,42,45,49,51,68,71,77-78H,7-10,12-13,15-18,21,24-27,32-33,38-41,43-44,46-48,50,52-67,69-70,72-76H2,1-6H3,(H-,81,83,85,86)/p+1/b14-11-,22-19-,23-20-,30-28-,31-29-,36-34-,37-35-,45-42-,51-49-,71-68+. The quantitative estimate of drug-likeness (QED) is 0.0205. The summed E-state index contributed by atoms with van der Waals surface area (Å²) in [6, 6.07) is -0.864. The average molecular weight is 1270 g/mol. The molecule has 0 saturated heterocycles. The number of nitrogens with one attached hydrogen (secondary N) is 1. The fraction of sp³-hybridized carbons (Fsp3) is 0.725. The fourth-order valence-electron chi connectivity index (χ4n) is 10.4. The number of phosphoric acid groups is 1. The Morgan fingerprint density at radius 2 is 0.711 bits per heavy atom. The van der Waals surface area contributed by atoms with E-state index in [9.17, 15) is 19.0 Å². The van der Waals surface area contributed by atoms with E-state index in [-0.39, 0.29) is 31.5 Å². The van der Waals surface area contributed by atoms with Crippen LogP contribution in [0.4, 0.5) is 0 Å². The molecule has 3 atom stereocenters. The molecule has 0 aromatic rings. The second-order valence-electron chi connectivity index (χ2n) is 26.1. The van der Waals surface area contributed by atoms with Crippen LogP contribution in [0.1, 0.15) is 323 Å². The molecular formula is C80H142N2O7P+. The van der Waals surface area contributed by atoms with E-state index in [0.717, 1.165) is 135 Å². The minimum absolute atomic E-state index is 0.0325. The van der Waals surface area contributed by atoms with Gasteiger partial charge in [0.25, 0.3) is 0 Å². The summed E-state index contributed by atoms with van der Waals surface area (Å²) in [5.41, 5.74) is 0. The van der Waals surface area contributed by atoms with Crippen LogP contribution in [0.2, 0.25) is 0 Å². The number of unbranched alkanes of at least 4 members (excludes halogenated alkanes) is 33.